The maximum absolute atomic E-state index is 10.8. The quantitative estimate of drug-likeness (QED) is 0.685. The Morgan fingerprint density at radius 3 is 2.46 bits per heavy atom. The number of hydrogen-bond acceptors (Lipinski definition) is 2. The molecular weight excluding hydrogens is 188 g/mol. The summed E-state index contributed by atoms with van der Waals surface area (Å²) in [5.41, 5.74) is 0. The van der Waals surface area contributed by atoms with Gasteiger partial charge in [-0.3, -0.25) is 4.55 Å². The Kier molecular flexibility index (Phi) is 4.31. The van der Waals surface area contributed by atoms with Crippen molar-refractivity contribution in [2.45, 2.75) is 25.8 Å². The van der Waals surface area contributed by atoms with E-state index in [4.69, 9.17) is 4.55 Å². The van der Waals surface area contributed by atoms with Crippen molar-refractivity contribution in [3.8, 4) is 0 Å². The minimum Gasteiger partial charge on any atom is -0.303 e. The molecule has 13 heavy (non-hydrogen) atoms. The van der Waals surface area contributed by atoms with Gasteiger partial charge in [-0.05, 0) is 32.5 Å². The molecule has 5 heteroatoms. The third-order valence-electron chi connectivity index (χ3n) is 2.76. The molecule has 1 aliphatic rings. The van der Waals surface area contributed by atoms with Crippen LogP contribution in [0.3, 0.4) is 0 Å². The molecule has 4 nitrogen and oxygen atoms in total. The van der Waals surface area contributed by atoms with Crippen molar-refractivity contribution in [3.05, 3.63) is 0 Å². The zero-order chi connectivity index (χ0) is 9.84. The first-order valence-corrected chi connectivity index (χ1v) is 5.77. The first kappa shape index (κ1) is 11.1. The maximum atomic E-state index is 10.8. The highest BCUT2D eigenvalue weighted by molar-refractivity contribution is 7.76. The topological polar surface area (TPSA) is 43.8 Å². The smallest absolute Gasteiger partial charge is 0.234 e. The van der Waals surface area contributed by atoms with E-state index in [0.29, 0.717) is 0 Å². The van der Waals surface area contributed by atoms with Gasteiger partial charge >= 0.3 is 0 Å². The van der Waals surface area contributed by atoms with Crippen LogP contribution >= 0.6 is 0 Å². The zero-order valence-corrected chi connectivity index (χ0v) is 9.09. The summed E-state index contributed by atoms with van der Waals surface area (Å²) < 4.78 is 21.2. The van der Waals surface area contributed by atoms with Gasteiger partial charge in [-0.1, -0.05) is 6.92 Å². The third-order valence-corrected chi connectivity index (χ3v) is 3.56. The van der Waals surface area contributed by atoms with Crippen LogP contribution in [0.4, 0.5) is 0 Å². The molecule has 1 atom stereocenters. The Labute approximate surface area is 82.3 Å². The maximum Gasteiger partial charge on any atom is 0.234 e. The van der Waals surface area contributed by atoms with E-state index in [2.05, 4.69) is 11.8 Å². The third kappa shape index (κ3) is 3.02. The van der Waals surface area contributed by atoms with Crippen LogP contribution in [0.5, 0.6) is 0 Å². The van der Waals surface area contributed by atoms with Crippen molar-refractivity contribution >= 4 is 11.3 Å². The Hall–Kier alpha value is 0.0300. The van der Waals surface area contributed by atoms with E-state index in [1.54, 1.807) is 11.4 Å². The lowest BCUT2D eigenvalue weighted by molar-refractivity contribution is 0.175. The van der Waals surface area contributed by atoms with Gasteiger partial charge in [0.15, 0.2) is 0 Å². The summed E-state index contributed by atoms with van der Waals surface area (Å²) in [6, 6.07) is 0.272. The number of rotatable bonds is 3. The van der Waals surface area contributed by atoms with Gasteiger partial charge in [0.25, 0.3) is 0 Å². The van der Waals surface area contributed by atoms with E-state index < -0.39 is 11.3 Å². The van der Waals surface area contributed by atoms with Crippen molar-refractivity contribution in [1.82, 2.24) is 9.21 Å². The van der Waals surface area contributed by atoms with Crippen LogP contribution in [0.15, 0.2) is 0 Å². The lowest BCUT2D eigenvalue weighted by Gasteiger charge is -2.34. The zero-order valence-electron chi connectivity index (χ0n) is 8.27. The number of hydrogen-bond donors (Lipinski definition) is 1. The van der Waals surface area contributed by atoms with Crippen molar-refractivity contribution in [1.29, 1.82) is 0 Å². The molecule has 1 fully saturated rings. The van der Waals surface area contributed by atoms with E-state index in [-0.39, 0.29) is 6.04 Å². The molecular formula is C8H18N2O2S. The standard InChI is InChI=1S/C8H18N2O2S/c1-3-10-6-4-8(5-7-10)9(2)13(11)12/h8H,3-7H2,1-2H3,(H,11,12). The van der Waals surface area contributed by atoms with Crippen molar-refractivity contribution in [3.63, 3.8) is 0 Å². The van der Waals surface area contributed by atoms with Gasteiger partial charge in [-0.2, -0.15) is 0 Å². The molecule has 1 saturated heterocycles. The van der Waals surface area contributed by atoms with E-state index in [0.717, 1.165) is 32.5 Å². The van der Waals surface area contributed by atoms with E-state index in [9.17, 15) is 4.21 Å². The van der Waals surface area contributed by atoms with Crippen molar-refractivity contribution in [2.24, 2.45) is 0 Å². The summed E-state index contributed by atoms with van der Waals surface area (Å²) >= 11 is -1.81. The fourth-order valence-electron chi connectivity index (χ4n) is 1.73. The fourth-order valence-corrected chi connectivity index (χ4v) is 2.19. The first-order valence-electron chi connectivity index (χ1n) is 4.71. The van der Waals surface area contributed by atoms with E-state index in [1.807, 2.05) is 0 Å². The Morgan fingerprint density at radius 1 is 1.54 bits per heavy atom. The average Bonchev–Trinajstić information content (AvgIpc) is 2.17. The SMILES string of the molecule is CCN1CCC(N(C)S(=O)O)CC1. The van der Waals surface area contributed by atoms with Gasteiger partial charge in [0.05, 0.1) is 0 Å². The highest BCUT2D eigenvalue weighted by atomic mass is 32.2. The second-order valence-electron chi connectivity index (χ2n) is 3.44. The van der Waals surface area contributed by atoms with Gasteiger partial charge < -0.3 is 4.90 Å². The van der Waals surface area contributed by atoms with Crippen LogP contribution in [0.2, 0.25) is 0 Å². The minimum absolute atomic E-state index is 0.272. The number of likely N-dealkylation sites (tertiary alicyclic amines) is 1. The monoisotopic (exact) mass is 206 g/mol. The summed E-state index contributed by atoms with van der Waals surface area (Å²) in [7, 11) is 1.71. The van der Waals surface area contributed by atoms with Crippen molar-refractivity contribution in [2.75, 3.05) is 26.7 Å². The van der Waals surface area contributed by atoms with Crippen LogP contribution in [0.25, 0.3) is 0 Å². The number of piperidine rings is 1. The molecule has 0 saturated carbocycles. The molecule has 0 aromatic rings. The minimum atomic E-state index is -1.81. The second kappa shape index (κ2) is 5.05. The summed E-state index contributed by atoms with van der Waals surface area (Å²) in [6.45, 7) is 5.32. The summed E-state index contributed by atoms with van der Waals surface area (Å²) in [5.74, 6) is 0. The highest BCUT2D eigenvalue weighted by Crippen LogP contribution is 2.15. The van der Waals surface area contributed by atoms with Crippen LogP contribution in [-0.2, 0) is 11.3 Å². The lowest BCUT2D eigenvalue weighted by Crippen LogP contribution is -2.43. The average molecular weight is 206 g/mol. The molecule has 0 amide bonds. The summed E-state index contributed by atoms with van der Waals surface area (Å²) in [5, 5.41) is 0. The summed E-state index contributed by atoms with van der Waals surface area (Å²) in [6.07, 6.45) is 1.99. The molecule has 0 aromatic carbocycles. The predicted molar refractivity (Wildman–Crippen MR) is 53.7 cm³/mol. The van der Waals surface area contributed by atoms with Gasteiger partial charge in [0.2, 0.25) is 11.3 Å². The fraction of sp³-hybridized carbons (Fsp3) is 1.00. The van der Waals surface area contributed by atoms with Crippen LogP contribution in [-0.4, -0.2) is 50.7 Å². The molecule has 1 heterocycles. The van der Waals surface area contributed by atoms with Crippen LogP contribution in [0.1, 0.15) is 19.8 Å². The molecule has 0 spiro atoms. The molecule has 0 aliphatic carbocycles. The summed E-state index contributed by atoms with van der Waals surface area (Å²) in [4.78, 5) is 2.37. The molecule has 0 radical (unpaired) electrons. The second-order valence-corrected chi connectivity index (χ2v) is 4.48. The van der Waals surface area contributed by atoms with Gasteiger partial charge in [0.1, 0.15) is 0 Å². The lowest BCUT2D eigenvalue weighted by atomic mass is 10.1. The Bertz CT molecular complexity index is 181. The van der Waals surface area contributed by atoms with Gasteiger partial charge in [-0.15, -0.1) is 0 Å². The number of nitrogens with zero attached hydrogens (tertiary/aromatic N) is 2. The normalized spacial score (nSPS) is 23.7. The Balaban J connectivity index is 2.36. The van der Waals surface area contributed by atoms with E-state index >= 15 is 0 Å². The molecule has 1 rings (SSSR count). The highest BCUT2D eigenvalue weighted by Gasteiger charge is 2.23. The molecule has 1 unspecified atom stereocenters. The van der Waals surface area contributed by atoms with E-state index in [1.165, 1.54) is 0 Å². The predicted octanol–water partition coefficient (Wildman–Crippen LogP) is 0.539. The Morgan fingerprint density at radius 2 is 2.08 bits per heavy atom. The van der Waals surface area contributed by atoms with Crippen LogP contribution < -0.4 is 0 Å². The van der Waals surface area contributed by atoms with Crippen LogP contribution in [0, 0.1) is 0 Å². The van der Waals surface area contributed by atoms with Gasteiger partial charge in [0, 0.05) is 13.1 Å². The molecule has 1 N–H and O–H groups in total. The first-order chi connectivity index (χ1) is 6.15. The van der Waals surface area contributed by atoms with Gasteiger partial charge in [-0.25, -0.2) is 8.51 Å². The molecule has 0 bridgehead atoms. The molecule has 1 aliphatic heterocycles. The molecule has 0 aromatic heterocycles. The van der Waals surface area contributed by atoms with Crippen molar-refractivity contribution < 1.29 is 8.76 Å². The largest absolute Gasteiger partial charge is 0.303 e. The molecule has 78 valence electrons.